The highest BCUT2D eigenvalue weighted by Gasteiger charge is 2.15. The van der Waals surface area contributed by atoms with E-state index in [-0.39, 0.29) is 0 Å². The number of hydrogen-bond acceptors (Lipinski definition) is 5. The summed E-state index contributed by atoms with van der Waals surface area (Å²) in [5.74, 6) is 7.78. The van der Waals surface area contributed by atoms with Crippen LogP contribution in [-0.2, 0) is 0 Å². The zero-order valence-electron chi connectivity index (χ0n) is 14.0. The van der Waals surface area contributed by atoms with Gasteiger partial charge < -0.3 is 10.2 Å². The van der Waals surface area contributed by atoms with E-state index in [9.17, 15) is 0 Å². The van der Waals surface area contributed by atoms with E-state index in [1.54, 1.807) is 0 Å². The fraction of sp³-hybridized carbons (Fsp3) is 0.500. The highest BCUT2D eigenvalue weighted by molar-refractivity contribution is 5.62. The van der Waals surface area contributed by atoms with Gasteiger partial charge in [0.15, 0.2) is 5.65 Å². The van der Waals surface area contributed by atoms with Crippen molar-refractivity contribution < 1.29 is 0 Å². The molecule has 6 heteroatoms. The molecule has 126 valence electrons. The molecule has 2 aromatic heterocycles. The Morgan fingerprint density at radius 1 is 1.12 bits per heavy atom. The van der Waals surface area contributed by atoms with Gasteiger partial charge in [0, 0.05) is 38.9 Å². The number of nitrogens with one attached hydrogen (secondary N) is 2. The van der Waals surface area contributed by atoms with Gasteiger partial charge in [-0.1, -0.05) is 11.8 Å². The van der Waals surface area contributed by atoms with Crippen molar-refractivity contribution in [1.29, 1.82) is 0 Å². The summed E-state index contributed by atoms with van der Waals surface area (Å²) < 4.78 is 2.15. The van der Waals surface area contributed by atoms with E-state index in [1.807, 2.05) is 6.20 Å². The Labute approximate surface area is 142 Å². The van der Waals surface area contributed by atoms with Crippen molar-refractivity contribution in [2.75, 3.05) is 57.4 Å². The maximum absolute atomic E-state index is 4.63. The van der Waals surface area contributed by atoms with Crippen molar-refractivity contribution in [1.82, 2.24) is 24.9 Å². The molecule has 2 aromatic rings. The minimum atomic E-state index is 0.826. The zero-order chi connectivity index (χ0) is 16.2. The summed E-state index contributed by atoms with van der Waals surface area (Å²) in [7, 11) is 0. The van der Waals surface area contributed by atoms with Crippen molar-refractivity contribution in [3.63, 3.8) is 0 Å². The number of piperazine rings is 1. The van der Waals surface area contributed by atoms with Gasteiger partial charge in [-0.25, -0.2) is 4.98 Å². The molecule has 2 aliphatic rings. The molecule has 0 aromatic carbocycles. The van der Waals surface area contributed by atoms with Crippen LogP contribution >= 0.6 is 0 Å². The van der Waals surface area contributed by atoms with Crippen LogP contribution < -0.4 is 15.5 Å². The number of anilines is 1. The maximum Gasteiger partial charge on any atom is 0.154 e. The Balaban J connectivity index is 1.54. The van der Waals surface area contributed by atoms with Crippen LogP contribution in [0, 0.1) is 11.8 Å². The molecule has 0 unspecified atom stereocenters. The SMILES string of the molecule is C(#Cc1cccn2c(N3CCCNC3)cnc12)CN1CCNCC1. The summed E-state index contributed by atoms with van der Waals surface area (Å²) in [5.41, 5.74) is 1.95. The molecule has 0 spiro atoms. The number of hydrogen-bond donors (Lipinski definition) is 2. The third-order valence-electron chi connectivity index (χ3n) is 4.66. The molecular formula is C18H24N6. The highest BCUT2D eigenvalue weighted by Crippen LogP contribution is 2.19. The molecule has 4 heterocycles. The summed E-state index contributed by atoms with van der Waals surface area (Å²) in [6, 6.07) is 4.12. The number of pyridine rings is 1. The van der Waals surface area contributed by atoms with Crippen LogP contribution in [0.1, 0.15) is 12.0 Å². The quantitative estimate of drug-likeness (QED) is 0.781. The summed E-state index contributed by atoms with van der Waals surface area (Å²) in [6.07, 6.45) is 5.20. The van der Waals surface area contributed by atoms with Gasteiger partial charge in [0.1, 0.15) is 5.82 Å². The van der Waals surface area contributed by atoms with Crippen molar-refractivity contribution in [2.45, 2.75) is 6.42 Å². The number of aromatic nitrogens is 2. The molecule has 6 nitrogen and oxygen atoms in total. The second kappa shape index (κ2) is 7.22. The lowest BCUT2D eigenvalue weighted by Gasteiger charge is -2.28. The average Bonchev–Trinajstić information content (AvgIpc) is 3.08. The van der Waals surface area contributed by atoms with E-state index < -0.39 is 0 Å². The van der Waals surface area contributed by atoms with Crippen LogP contribution in [0.15, 0.2) is 24.5 Å². The summed E-state index contributed by atoms with van der Waals surface area (Å²) in [5, 5.41) is 6.79. The molecule has 4 rings (SSSR count). The predicted molar refractivity (Wildman–Crippen MR) is 96.2 cm³/mol. The lowest BCUT2D eigenvalue weighted by atomic mass is 10.2. The predicted octanol–water partition coefficient (Wildman–Crippen LogP) is 0.348. The standard InChI is InChI=1S/C18H24N6/c1(9-22-12-7-19-8-13-22)4-16-5-2-11-24-17(14-21-18(16)24)23-10-3-6-20-15-23/h2,5,11,14,19-20H,3,6-10,12-13,15H2. The van der Waals surface area contributed by atoms with Gasteiger partial charge in [0.25, 0.3) is 0 Å². The lowest BCUT2D eigenvalue weighted by molar-refractivity contribution is 0.268. The smallest absolute Gasteiger partial charge is 0.154 e. The molecule has 2 aliphatic heterocycles. The van der Waals surface area contributed by atoms with Gasteiger partial charge in [-0.15, -0.1) is 0 Å². The molecule has 0 bridgehead atoms. The van der Waals surface area contributed by atoms with Gasteiger partial charge >= 0.3 is 0 Å². The van der Waals surface area contributed by atoms with E-state index in [1.165, 1.54) is 0 Å². The molecule has 2 saturated heterocycles. The first-order chi connectivity index (χ1) is 11.9. The summed E-state index contributed by atoms with van der Waals surface area (Å²) in [4.78, 5) is 9.35. The second-order valence-electron chi connectivity index (χ2n) is 6.33. The van der Waals surface area contributed by atoms with E-state index in [2.05, 4.69) is 60.0 Å². The van der Waals surface area contributed by atoms with Crippen molar-refractivity contribution in [3.05, 3.63) is 30.1 Å². The molecule has 0 atom stereocenters. The van der Waals surface area contributed by atoms with Gasteiger partial charge in [-0.3, -0.25) is 14.6 Å². The Morgan fingerprint density at radius 2 is 2.04 bits per heavy atom. The number of rotatable bonds is 2. The van der Waals surface area contributed by atoms with E-state index >= 15 is 0 Å². The Kier molecular flexibility index (Phi) is 4.65. The minimum Gasteiger partial charge on any atom is -0.344 e. The average molecular weight is 324 g/mol. The minimum absolute atomic E-state index is 0.826. The van der Waals surface area contributed by atoms with Crippen LogP contribution in [0.3, 0.4) is 0 Å². The van der Waals surface area contributed by atoms with E-state index in [0.717, 1.165) is 75.9 Å². The molecule has 0 radical (unpaired) electrons. The summed E-state index contributed by atoms with van der Waals surface area (Å²) in [6.45, 7) is 8.15. The largest absolute Gasteiger partial charge is 0.344 e. The highest BCUT2D eigenvalue weighted by atomic mass is 15.3. The maximum atomic E-state index is 4.63. The Bertz CT molecular complexity index is 744. The fourth-order valence-corrected chi connectivity index (χ4v) is 3.33. The van der Waals surface area contributed by atoms with Crippen LogP contribution in [0.4, 0.5) is 5.82 Å². The molecule has 24 heavy (non-hydrogen) atoms. The fourth-order valence-electron chi connectivity index (χ4n) is 3.33. The number of fused-ring (bicyclic) bond motifs is 1. The van der Waals surface area contributed by atoms with Crippen LogP contribution in [0.2, 0.25) is 0 Å². The molecular weight excluding hydrogens is 300 g/mol. The van der Waals surface area contributed by atoms with Gasteiger partial charge in [-0.2, -0.15) is 0 Å². The first kappa shape index (κ1) is 15.5. The Morgan fingerprint density at radius 3 is 2.88 bits per heavy atom. The lowest BCUT2D eigenvalue weighted by Crippen LogP contribution is -2.43. The van der Waals surface area contributed by atoms with Crippen LogP contribution in [-0.4, -0.2) is 66.8 Å². The molecule has 0 aliphatic carbocycles. The van der Waals surface area contributed by atoms with Gasteiger partial charge in [0.05, 0.1) is 25.0 Å². The van der Waals surface area contributed by atoms with Gasteiger partial charge in [0.2, 0.25) is 0 Å². The second-order valence-corrected chi connectivity index (χ2v) is 6.33. The third kappa shape index (κ3) is 3.24. The third-order valence-corrected chi connectivity index (χ3v) is 4.66. The first-order valence-electron chi connectivity index (χ1n) is 8.75. The Hall–Kier alpha value is -2.07. The van der Waals surface area contributed by atoms with Crippen molar-refractivity contribution in [3.8, 4) is 11.8 Å². The molecule has 0 amide bonds. The van der Waals surface area contributed by atoms with Gasteiger partial charge in [-0.05, 0) is 25.1 Å². The normalized spacial score (nSPS) is 19.2. The topological polar surface area (TPSA) is 47.8 Å². The molecule has 0 saturated carbocycles. The van der Waals surface area contributed by atoms with E-state index in [0.29, 0.717) is 0 Å². The monoisotopic (exact) mass is 324 g/mol. The first-order valence-corrected chi connectivity index (χ1v) is 8.75. The van der Waals surface area contributed by atoms with Crippen molar-refractivity contribution in [2.24, 2.45) is 0 Å². The number of imidazole rings is 1. The number of nitrogens with zero attached hydrogens (tertiary/aromatic N) is 4. The van der Waals surface area contributed by atoms with Crippen molar-refractivity contribution >= 4 is 11.5 Å². The van der Waals surface area contributed by atoms with Crippen LogP contribution in [0.25, 0.3) is 5.65 Å². The van der Waals surface area contributed by atoms with Crippen LogP contribution in [0.5, 0.6) is 0 Å². The molecule has 2 fully saturated rings. The molecule has 2 N–H and O–H groups in total. The summed E-state index contributed by atoms with van der Waals surface area (Å²) >= 11 is 0. The zero-order valence-corrected chi connectivity index (χ0v) is 14.0. The van der Waals surface area contributed by atoms with E-state index in [4.69, 9.17) is 0 Å².